The third-order valence-corrected chi connectivity index (χ3v) is 7.53. The second-order valence-electron chi connectivity index (χ2n) is 5.52. The number of nitrogens with two attached hydrogens (primary N) is 1. The smallest absolute Gasteiger partial charge is 0.247 e. The molecule has 0 saturated carbocycles. The molecule has 0 saturated heterocycles. The summed E-state index contributed by atoms with van der Waals surface area (Å²) in [5, 5.41) is 18.5. The molecule has 0 aliphatic carbocycles. The monoisotopic (exact) mass is 385 g/mol. The fourth-order valence-electron chi connectivity index (χ4n) is 2.51. The van der Waals surface area contributed by atoms with Gasteiger partial charge < -0.3 is 14.7 Å². The molecule has 130 valence electrons. The summed E-state index contributed by atoms with van der Waals surface area (Å²) >= 11 is 2.69. The molecule has 9 heteroatoms. The van der Waals surface area contributed by atoms with Crippen LogP contribution in [0.15, 0.2) is 39.4 Å². The van der Waals surface area contributed by atoms with Gasteiger partial charge in [-0.3, -0.25) is 0 Å². The van der Waals surface area contributed by atoms with Crippen LogP contribution in [-0.4, -0.2) is 26.6 Å². The number of nitrogens with one attached hydrogen (secondary N) is 1. The Hall–Kier alpha value is -1.26. The number of thiophene rings is 1. The van der Waals surface area contributed by atoms with Gasteiger partial charge in [0.15, 0.2) is 0 Å². The van der Waals surface area contributed by atoms with Crippen LogP contribution in [0.5, 0.6) is 5.75 Å². The number of primary sulfonamides is 1. The van der Waals surface area contributed by atoms with Gasteiger partial charge in [-0.15, -0.1) is 11.3 Å². The van der Waals surface area contributed by atoms with Crippen LogP contribution in [0.25, 0.3) is 0 Å². The summed E-state index contributed by atoms with van der Waals surface area (Å²) in [6.07, 6.45) is 0.985. The predicted molar refractivity (Wildman–Crippen MR) is 98.0 cm³/mol. The molecule has 1 aromatic carbocycles. The summed E-state index contributed by atoms with van der Waals surface area (Å²) in [4.78, 5) is 1.88. The van der Waals surface area contributed by atoms with Gasteiger partial charge in [0.1, 0.15) is 9.96 Å². The van der Waals surface area contributed by atoms with E-state index in [0.29, 0.717) is 6.54 Å². The third kappa shape index (κ3) is 3.70. The van der Waals surface area contributed by atoms with E-state index in [2.05, 4.69) is 16.5 Å². The summed E-state index contributed by atoms with van der Waals surface area (Å²) in [6.45, 7) is 3.60. The van der Waals surface area contributed by atoms with E-state index in [1.54, 1.807) is 24.3 Å². The predicted octanol–water partition coefficient (Wildman–Crippen LogP) is 2.67. The SMILES string of the molecule is CCCN[C@@H]1CN(c2cccc(O)c2)Sc2cc(S(N)(=O)=O)sc21. The molecule has 2 heterocycles. The zero-order valence-corrected chi connectivity index (χ0v) is 15.5. The van der Waals surface area contributed by atoms with Crippen LogP contribution in [0.2, 0.25) is 0 Å². The quantitative estimate of drug-likeness (QED) is 0.685. The van der Waals surface area contributed by atoms with Crippen molar-refractivity contribution in [2.24, 2.45) is 5.14 Å². The van der Waals surface area contributed by atoms with E-state index in [9.17, 15) is 13.5 Å². The lowest BCUT2D eigenvalue weighted by Gasteiger charge is -2.33. The number of hydrogen-bond donors (Lipinski definition) is 3. The highest BCUT2D eigenvalue weighted by Crippen LogP contribution is 2.45. The Morgan fingerprint density at radius 3 is 2.88 bits per heavy atom. The number of phenolic OH excluding ortho intramolecular Hbond substituents is 1. The minimum Gasteiger partial charge on any atom is -0.508 e. The molecule has 0 bridgehead atoms. The fourth-order valence-corrected chi connectivity index (χ4v) is 5.85. The van der Waals surface area contributed by atoms with Crippen LogP contribution in [-0.2, 0) is 10.0 Å². The molecule has 24 heavy (non-hydrogen) atoms. The van der Waals surface area contributed by atoms with Gasteiger partial charge in [0.05, 0.1) is 18.3 Å². The number of nitrogens with zero attached hydrogens (tertiary/aromatic N) is 1. The van der Waals surface area contributed by atoms with Gasteiger partial charge in [-0.2, -0.15) is 0 Å². The molecule has 0 spiro atoms. The molecule has 1 aliphatic rings. The third-order valence-electron chi connectivity index (χ3n) is 3.61. The van der Waals surface area contributed by atoms with E-state index in [1.165, 1.54) is 23.3 Å². The average Bonchev–Trinajstić information content (AvgIpc) is 2.97. The maximum absolute atomic E-state index is 11.7. The van der Waals surface area contributed by atoms with Crippen molar-refractivity contribution in [3.63, 3.8) is 0 Å². The van der Waals surface area contributed by atoms with E-state index < -0.39 is 10.0 Å². The number of rotatable bonds is 5. The molecular weight excluding hydrogens is 366 g/mol. The van der Waals surface area contributed by atoms with E-state index in [4.69, 9.17) is 5.14 Å². The number of sulfonamides is 1. The van der Waals surface area contributed by atoms with Gasteiger partial charge in [0.2, 0.25) is 10.0 Å². The van der Waals surface area contributed by atoms with Gasteiger partial charge in [0.25, 0.3) is 0 Å². The molecule has 0 unspecified atom stereocenters. The van der Waals surface area contributed by atoms with Crippen molar-refractivity contribution in [2.75, 3.05) is 17.4 Å². The minimum absolute atomic E-state index is 0.0176. The molecule has 1 aliphatic heterocycles. The van der Waals surface area contributed by atoms with Crippen molar-refractivity contribution in [1.82, 2.24) is 5.32 Å². The van der Waals surface area contributed by atoms with Gasteiger partial charge in [-0.05, 0) is 43.1 Å². The van der Waals surface area contributed by atoms with Crippen molar-refractivity contribution in [3.8, 4) is 5.75 Å². The summed E-state index contributed by atoms with van der Waals surface area (Å²) in [5.74, 6) is 0.201. The normalized spacial score (nSPS) is 17.8. The lowest BCUT2D eigenvalue weighted by Crippen LogP contribution is -2.34. The van der Waals surface area contributed by atoms with Crippen molar-refractivity contribution >= 4 is 39.0 Å². The van der Waals surface area contributed by atoms with Crippen molar-refractivity contribution in [2.45, 2.75) is 28.5 Å². The molecule has 2 aromatic rings. The number of aromatic hydroxyl groups is 1. The highest BCUT2D eigenvalue weighted by Gasteiger charge is 2.30. The molecule has 0 fully saturated rings. The standard InChI is InChI=1S/C15H19N3O3S3/c1-2-6-17-12-9-18(10-4-3-5-11(19)7-10)23-13-8-14(22-15(12)13)24(16,20)21/h3-5,7-8,12,17,19H,2,6,9H2,1H3,(H2,16,20,21)/t12-/m1/s1. The van der Waals surface area contributed by atoms with Gasteiger partial charge >= 0.3 is 0 Å². The first-order valence-electron chi connectivity index (χ1n) is 7.53. The molecule has 1 atom stereocenters. The van der Waals surface area contributed by atoms with Crippen molar-refractivity contribution in [1.29, 1.82) is 0 Å². The minimum atomic E-state index is -3.71. The molecular formula is C15H19N3O3S3. The maximum atomic E-state index is 11.7. The van der Waals surface area contributed by atoms with Crippen LogP contribution in [0, 0.1) is 0 Å². The second-order valence-corrected chi connectivity index (χ2v) is 9.45. The topological polar surface area (TPSA) is 95.7 Å². The summed E-state index contributed by atoms with van der Waals surface area (Å²) in [5.41, 5.74) is 0.873. The van der Waals surface area contributed by atoms with Crippen molar-refractivity contribution in [3.05, 3.63) is 35.2 Å². The zero-order valence-electron chi connectivity index (χ0n) is 13.1. The highest BCUT2D eigenvalue weighted by molar-refractivity contribution is 8.01. The summed E-state index contributed by atoms with van der Waals surface area (Å²) < 4.78 is 25.6. The van der Waals surface area contributed by atoms with Gasteiger partial charge in [0, 0.05) is 15.8 Å². The molecule has 1 aromatic heterocycles. The summed E-state index contributed by atoms with van der Waals surface area (Å²) in [6, 6.07) is 8.68. The summed E-state index contributed by atoms with van der Waals surface area (Å²) in [7, 11) is -3.71. The highest BCUT2D eigenvalue weighted by atomic mass is 32.2. The Morgan fingerprint density at radius 1 is 1.42 bits per heavy atom. The Labute approximate surface area is 149 Å². The van der Waals surface area contributed by atoms with Crippen LogP contribution >= 0.6 is 23.3 Å². The van der Waals surface area contributed by atoms with Crippen molar-refractivity contribution < 1.29 is 13.5 Å². The van der Waals surface area contributed by atoms with Crippen LogP contribution in [0.4, 0.5) is 5.69 Å². The van der Waals surface area contributed by atoms with Crippen LogP contribution in [0.1, 0.15) is 24.3 Å². The Bertz CT molecular complexity index is 835. The first-order valence-corrected chi connectivity index (χ1v) is 10.7. The first-order chi connectivity index (χ1) is 11.4. The number of phenols is 1. The van der Waals surface area contributed by atoms with E-state index in [1.807, 2.05) is 6.07 Å². The first kappa shape index (κ1) is 17.6. The Kier molecular flexibility index (Phi) is 5.07. The Morgan fingerprint density at radius 2 is 2.21 bits per heavy atom. The molecule has 6 nitrogen and oxygen atoms in total. The largest absolute Gasteiger partial charge is 0.508 e. The zero-order chi connectivity index (χ0) is 17.3. The number of fused-ring (bicyclic) bond motifs is 1. The van der Waals surface area contributed by atoms with Gasteiger partial charge in [-0.1, -0.05) is 13.0 Å². The van der Waals surface area contributed by atoms with Crippen LogP contribution in [0.3, 0.4) is 0 Å². The molecule has 3 rings (SSSR count). The van der Waals surface area contributed by atoms with Crippen LogP contribution < -0.4 is 14.8 Å². The lowest BCUT2D eigenvalue weighted by atomic mass is 10.2. The average molecular weight is 386 g/mol. The number of hydrogen-bond acceptors (Lipinski definition) is 7. The molecule has 0 radical (unpaired) electrons. The van der Waals surface area contributed by atoms with E-state index >= 15 is 0 Å². The fraction of sp³-hybridized carbons (Fsp3) is 0.333. The molecule has 0 amide bonds. The van der Waals surface area contributed by atoms with Gasteiger partial charge in [-0.25, -0.2) is 13.6 Å². The molecule has 4 N–H and O–H groups in total. The second kappa shape index (κ2) is 6.93. The Balaban J connectivity index is 1.97. The lowest BCUT2D eigenvalue weighted by molar-refractivity contribution is 0.475. The number of benzene rings is 1. The maximum Gasteiger partial charge on any atom is 0.247 e. The number of anilines is 1. The van der Waals surface area contributed by atoms with E-state index in [-0.39, 0.29) is 16.0 Å². The van der Waals surface area contributed by atoms with E-state index in [0.717, 1.165) is 28.4 Å².